The Labute approximate surface area is 99.6 Å². The molecule has 0 aromatic carbocycles. The topological polar surface area (TPSA) is 53.0 Å². The Hall–Kier alpha value is -0.590. The molecule has 0 bridgehead atoms. The number of nitrogens with zero attached hydrogens (tertiary/aromatic N) is 2. The molecule has 0 aromatic heterocycles. The Morgan fingerprint density at radius 3 is 2.56 bits per heavy atom. The van der Waals surface area contributed by atoms with Crippen LogP contribution in [-0.2, 0) is 0 Å². The van der Waals surface area contributed by atoms with Gasteiger partial charge in [-0.3, -0.25) is 0 Å². The average Bonchev–Trinajstić information content (AvgIpc) is 3.03. The van der Waals surface area contributed by atoms with Gasteiger partial charge in [0.25, 0.3) is 0 Å². The van der Waals surface area contributed by atoms with Gasteiger partial charge in [0, 0.05) is 12.6 Å². The minimum absolute atomic E-state index is 0.182. The van der Waals surface area contributed by atoms with E-state index >= 15 is 0 Å². The molecule has 0 spiro atoms. The second-order valence-corrected chi connectivity index (χ2v) is 5.72. The van der Waals surface area contributed by atoms with Crippen molar-refractivity contribution in [3.8, 4) is 6.07 Å². The molecule has 0 radical (unpaired) electrons. The Balaban J connectivity index is 2.24. The van der Waals surface area contributed by atoms with Crippen molar-refractivity contribution in [1.82, 2.24) is 4.90 Å². The fourth-order valence-electron chi connectivity index (χ4n) is 2.21. The summed E-state index contributed by atoms with van der Waals surface area (Å²) in [4.78, 5) is 2.38. The van der Waals surface area contributed by atoms with E-state index in [4.69, 9.17) is 11.0 Å². The van der Waals surface area contributed by atoms with Crippen molar-refractivity contribution in [2.75, 3.05) is 20.1 Å². The van der Waals surface area contributed by atoms with Crippen LogP contribution in [0.2, 0.25) is 0 Å². The number of hydrogen-bond acceptors (Lipinski definition) is 3. The highest BCUT2D eigenvalue weighted by Gasteiger charge is 2.32. The van der Waals surface area contributed by atoms with Gasteiger partial charge in [0.15, 0.2) is 0 Å². The number of nitrogens with two attached hydrogens (primary N) is 1. The largest absolute Gasteiger partial charge is 0.329 e. The zero-order chi connectivity index (χ0) is 12.2. The number of hydrogen-bond donors (Lipinski definition) is 1. The number of nitriles is 1. The van der Waals surface area contributed by atoms with Gasteiger partial charge in [-0.15, -0.1) is 0 Å². The van der Waals surface area contributed by atoms with E-state index in [9.17, 15) is 0 Å². The van der Waals surface area contributed by atoms with Crippen LogP contribution in [0.1, 0.15) is 39.5 Å². The summed E-state index contributed by atoms with van der Waals surface area (Å²) in [6.45, 7) is 5.84. The second-order valence-electron chi connectivity index (χ2n) is 5.72. The van der Waals surface area contributed by atoms with Crippen LogP contribution in [-0.4, -0.2) is 31.1 Å². The Kier molecular flexibility index (Phi) is 4.76. The minimum atomic E-state index is -0.182. The first kappa shape index (κ1) is 13.5. The normalized spacial score (nSPS) is 18.5. The van der Waals surface area contributed by atoms with Gasteiger partial charge in [0.1, 0.15) is 0 Å². The van der Waals surface area contributed by atoms with Crippen LogP contribution in [0.4, 0.5) is 0 Å². The predicted molar refractivity (Wildman–Crippen MR) is 66.8 cm³/mol. The van der Waals surface area contributed by atoms with E-state index in [1.54, 1.807) is 0 Å². The van der Waals surface area contributed by atoms with Crippen LogP contribution in [0.15, 0.2) is 0 Å². The van der Waals surface area contributed by atoms with Gasteiger partial charge in [-0.05, 0) is 59.0 Å². The summed E-state index contributed by atoms with van der Waals surface area (Å²) >= 11 is 0. The lowest BCUT2D eigenvalue weighted by atomic mass is 9.90. The molecule has 1 saturated carbocycles. The first-order valence-corrected chi connectivity index (χ1v) is 6.32. The van der Waals surface area contributed by atoms with Crippen molar-refractivity contribution >= 4 is 0 Å². The smallest absolute Gasteiger partial charge is 0.0683 e. The Morgan fingerprint density at radius 1 is 1.50 bits per heavy atom. The third-order valence-electron chi connectivity index (χ3n) is 3.59. The molecule has 2 N–H and O–H groups in total. The summed E-state index contributed by atoms with van der Waals surface area (Å²) < 4.78 is 0. The van der Waals surface area contributed by atoms with Crippen molar-refractivity contribution in [3.63, 3.8) is 0 Å². The molecule has 0 saturated heterocycles. The fraction of sp³-hybridized carbons (Fsp3) is 0.923. The van der Waals surface area contributed by atoms with Crippen molar-refractivity contribution in [3.05, 3.63) is 0 Å². The molecule has 3 nitrogen and oxygen atoms in total. The van der Waals surface area contributed by atoms with Gasteiger partial charge in [0.05, 0.1) is 11.5 Å². The maximum atomic E-state index is 8.93. The summed E-state index contributed by atoms with van der Waals surface area (Å²) in [6, 6.07) is 2.91. The first-order chi connectivity index (χ1) is 7.50. The van der Waals surface area contributed by atoms with Crippen LogP contribution in [0, 0.1) is 22.7 Å². The quantitative estimate of drug-likeness (QED) is 0.718. The summed E-state index contributed by atoms with van der Waals surface area (Å²) in [7, 11) is 2.16. The molecule has 16 heavy (non-hydrogen) atoms. The molecule has 0 aromatic rings. The Bertz CT molecular complexity index is 250. The summed E-state index contributed by atoms with van der Waals surface area (Å²) in [6.07, 6.45) is 4.74. The third-order valence-corrected chi connectivity index (χ3v) is 3.59. The van der Waals surface area contributed by atoms with E-state index in [1.807, 2.05) is 13.8 Å². The molecular weight excluding hydrogens is 198 g/mol. The van der Waals surface area contributed by atoms with E-state index in [2.05, 4.69) is 18.0 Å². The van der Waals surface area contributed by atoms with Crippen molar-refractivity contribution in [1.29, 1.82) is 5.26 Å². The second kappa shape index (κ2) is 5.65. The van der Waals surface area contributed by atoms with Crippen LogP contribution < -0.4 is 5.73 Å². The molecule has 1 aliphatic rings. The maximum absolute atomic E-state index is 8.93. The molecule has 1 rings (SSSR count). The van der Waals surface area contributed by atoms with Gasteiger partial charge in [-0.1, -0.05) is 0 Å². The van der Waals surface area contributed by atoms with Crippen LogP contribution in [0.3, 0.4) is 0 Å². The molecule has 1 unspecified atom stereocenters. The van der Waals surface area contributed by atoms with E-state index in [1.165, 1.54) is 12.8 Å². The average molecular weight is 223 g/mol. The minimum Gasteiger partial charge on any atom is -0.329 e. The SMILES string of the molecule is CN(CCCC(C)(C)C#N)C(CN)C1CC1. The van der Waals surface area contributed by atoms with Gasteiger partial charge in [-0.2, -0.15) is 5.26 Å². The zero-order valence-corrected chi connectivity index (χ0v) is 10.9. The fourth-order valence-corrected chi connectivity index (χ4v) is 2.21. The van der Waals surface area contributed by atoms with Crippen molar-refractivity contribution in [2.45, 2.75) is 45.6 Å². The summed E-state index contributed by atoms with van der Waals surface area (Å²) in [5.41, 5.74) is 5.62. The van der Waals surface area contributed by atoms with E-state index in [0.29, 0.717) is 6.04 Å². The lowest BCUT2D eigenvalue weighted by Crippen LogP contribution is -2.40. The monoisotopic (exact) mass is 223 g/mol. The molecule has 1 aliphatic carbocycles. The van der Waals surface area contributed by atoms with Crippen molar-refractivity contribution in [2.24, 2.45) is 17.1 Å². The predicted octanol–water partition coefficient (Wildman–Crippen LogP) is 1.99. The lowest BCUT2D eigenvalue weighted by molar-refractivity contribution is 0.212. The standard InChI is InChI=1S/C13H25N3/c1-13(2,10-15)7-4-8-16(3)12(9-14)11-5-6-11/h11-12H,4-9,14H2,1-3H3. The van der Waals surface area contributed by atoms with E-state index < -0.39 is 0 Å². The lowest BCUT2D eigenvalue weighted by Gasteiger charge is -2.27. The molecule has 1 atom stereocenters. The highest BCUT2D eigenvalue weighted by Crippen LogP contribution is 2.34. The maximum Gasteiger partial charge on any atom is 0.0683 e. The number of rotatable bonds is 7. The zero-order valence-electron chi connectivity index (χ0n) is 10.9. The van der Waals surface area contributed by atoms with Crippen molar-refractivity contribution < 1.29 is 0 Å². The first-order valence-electron chi connectivity index (χ1n) is 6.32. The van der Waals surface area contributed by atoms with Crippen LogP contribution in [0.5, 0.6) is 0 Å². The molecule has 1 fully saturated rings. The van der Waals surface area contributed by atoms with Gasteiger partial charge in [-0.25, -0.2) is 0 Å². The van der Waals surface area contributed by atoms with Gasteiger partial charge >= 0.3 is 0 Å². The third kappa shape index (κ3) is 4.11. The van der Waals surface area contributed by atoms with Gasteiger partial charge < -0.3 is 10.6 Å². The highest BCUT2D eigenvalue weighted by molar-refractivity contribution is 4.92. The van der Waals surface area contributed by atoms with Gasteiger partial charge in [0.2, 0.25) is 0 Å². The summed E-state index contributed by atoms with van der Waals surface area (Å²) in [5, 5.41) is 8.93. The van der Waals surface area contributed by atoms with Crippen LogP contribution >= 0.6 is 0 Å². The highest BCUT2D eigenvalue weighted by atomic mass is 15.1. The van der Waals surface area contributed by atoms with E-state index in [0.717, 1.165) is 31.8 Å². The molecule has 3 heteroatoms. The Morgan fingerprint density at radius 2 is 2.12 bits per heavy atom. The molecular formula is C13H25N3. The molecule has 0 aliphatic heterocycles. The van der Waals surface area contributed by atoms with E-state index in [-0.39, 0.29) is 5.41 Å². The summed E-state index contributed by atoms with van der Waals surface area (Å²) in [5.74, 6) is 0.832. The number of likely N-dealkylation sites (N-methyl/N-ethyl adjacent to an activating group) is 1. The molecule has 92 valence electrons. The molecule has 0 heterocycles. The van der Waals surface area contributed by atoms with Crippen LogP contribution in [0.25, 0.3) is 0 Å². The molecule has 0 amide bonds.